The van der Waals surface area contributed by atoms with Crippen LogP contribution in [0.25, 0.3) is 0 Å². The third-order valence-corrected chi connectivity index (χ3v) is 5.47. The summed E-state index contributed by atoms with van der Waals surface area (Å²) in [6.45, 7) is 6.97. The van der Waals surface area contributed by atoms with Crippen LogP contribution in [0.4, 0.5) is 0 Å². The summed E-state index contributed by atoms with van der Waals surface area (Å²) in [5, 5.41) is 3.46. The maximum Gasteiger partial charge on any atom is 0.109 e. The minimum absolute atomic E-state index is 0.707. The molecule has 3 aliphatic heterocycles. The lowest BCUT2D eigenvalue weighted by atomic mass is 9.96. The fourth-order valence-electron chi connectivity index (χ4n) is 4.51. The van der Waals surface area contributed by atoms with Crippen molar-refractivity contribution >= 4 is 0 Å². The molecule has 110 valence electrons. The molecule has 2 fully saturated rings. The fourth-order valence-corrected chi connectivity index (χ4v) is 4.51. The number of aryl methyl sites for hydroxylation is 1. The van der Waals surface area contributed by atoms with Gasteiger partial charge >= 0.3 is 0 Å². The summed E-state index contributed by atoms with van der Waals surface area (Å²) < 4.78 is 2.64. The van der Waals surface area contributed by atoms with E-state index in [2.05, 4.69) is 21.7 Å². The predicted molar refractivity (Wildman–Crippen MR) is 79.9 cm³/mol. The van der Waals surface area contributed by atoms with E-state index in [-0.39, 0.29) is 0 Å². The minimum atomic E-state index is 0.707. The van der Waals surface area contributed by atoms with Gasteiger partial charge in [0.05, 0.1) is 5.69 Å². The van der Waals surface area contributed by atoms with Crippen molar-refractivity contribution in [3.05, 3.63) is 17.2 Å². The molecule has 3 aliphatic rings. The average molecular weight is 274 g/mol. The highest BCUT2D eigenvalue weighted by molar-refractivity contribution is 5.22. The van der Waals surface area contributed by atoms with E-state index in [0.717, 1.165) is 32.0 Å². The van der Waals surface area contributed by atoms with Crippen LogP contribution >= 0.6 is 0 Å². The molecular formula is C16H26N4. The first-order chi connectivity index (χ1) is 9.86. The minimum Gasteiger partial charge on any atom is -0.329 e. The third-order valence-electron chi connectivity index (χ3n) is 5.47. The number of nitrogens with one attached hydrogen (secondary N) is 1. The van der Waals surface area contributed by atoms with Crippen LogP contribution in [0, 0.1) is 0 Å². The van der Waals surface area contributed by atoms with Gasteiger partial charge in [0, 0.05) is 50.3 Å². The summed E-state index contributed by atoms with van der Waals surface area (Å²) in [6.07, 6.45) is 7.72. The van der Waals surface area contributed by atoms with E-state index in [1.54, 1.807) is 0 Å². The summed E-state index contributed by atoms with van der Waals surface area (Å²) in [6, 6.07) is 1.55. The van der Waals surface area contributed by atoms with Gasteiger partial charge < -0.3 is 14.8 Å². The van der Waals surface area contributed by atoms with E-state index in [9.17, 15) is 0 Å². The summed E-state index contributed by atoms with van der Waals surface area (Å²) in [7, 11) is 0. The second kappa shape index (κ2) is 5.15. The summed E-state index contributed by atoms with van der Waals surface area (Å²) in [5.74, 6) is 1.33. The van der Waals surface area contributed by atoms with Gasteiger partial charge in [-0.3, -0.25) is 0 Å². The van der Waals surface area contributed by atoms with Crippen LogP contribution in [0.3, 0.4) is 0 Å². The zero-order chi connectivity index (χ0) is 13.5. The van der Waals surface area contributed by atoms with Gasteiger partial charge in [-0.2, -0.15) is 0 Å². The Morgan fingerprint density at radius 3 is 3.10 bits per heavy atom. The molecule has 0 saturated carbocycles. The van der Waals surface area contributed by atoms with E-state index >= 15 is 0 Å². The Hall–Kier alpha value is -0.870. The number of piperidine rings is 1. The zero-order valence-electron chi connectivity index (χ0n) is 12.6. The number of fused-ring (bicyclic) bond motifs is 2. The van der Waals surface area contributed by atoms with Crippen molar-refractivity contribution in [2.45, 2.75) is 64.1 Å². The first kappa shape index (κ1) is 12.8. The Labute approximate surface area is 121 Å². The highest BCUT2D eigenvalue weighted by atomic mass is 15.2. The second-order valence-corrected chi connectivity index (χ2v) is 6.58. The Balaban J connectivity index is 1.65. The third kappa shape index (κ3) is 2.01. The summed E-state index contributed by atoms with van der Waals surface area (Å²) >= 11 is 0. The topological polar surface area (TPSA) is 33.1 Å². The van der Waals surface area contributed by atoms with Crippen molar-refractivity contribution in [1.82, 2.24) is 19.8 Å². The molecule has 1 aromatic heterocycles. The Bertz CT molecular complexity index is 493. The molecule has 1 N–H and O–H groups in total. The van der Waals surface area contributed by atoms with Gasteiger partial charge in [-0.05, 0) is 32.2 Å². The summed E-state index contributed by atoms with van der Waals surface area (Å²) in [4.78, 5) is 7.63. The lowest BCUT2D eigenvalue weighted by Gasteiger charge is -2.37. The van der Waals surface area contributed by atoms with Crippen LogP contribution in [0.5, 0.6) is 0 Å². The number of hydrogen-bond acceptors (Lipinski definition) is 3. The number of rotatable bonds is 2. The number of nitrogens with zero attached hydrogens (tertiary/aromatic N) is 3. The van der Waals surface area contributed by atoms with Crippen LogP contribution in [-0.4, -0.2) is 40.1 Å². The van der Waals surface area contributed by atoms with Crippen LogP contribution in [-0.2, 0) is 19.4 Å². The molecule has 2 atom stereocenters. The maximum atomic E-state index is 4.92. The van der Waals surface area contributed by atoms with Crippen LogP contribution in [0.1, 0.15) is 55.9 Å². The van der Waals surface area contributed by atoms with Crippen molar-refractivity contribution < 1.29 is 0 Å². The van der Waals surface area contributed by atoms with E-state index in [0.29, 0.717) is 6.04 Å². The molecule has 0 spiro atoms. The molecule has 0 aromatic carbocycles. The molecule has 0 bridgehead atoms. The van der Waals surface area contributed by atoms with Gasteiger partial charge in [0.25, 0.3) is 0 Å². The molecule has 4 heteroatoms. The molecule has 0 amide bonds. The molecular weight excluding hydrogens is 248 g/mol. The monoisotopic (exact) mass is 274 g/mol. The number of imidazole rings is 1. The van der Waals surface area contributed by atoms with Crippen molar-refractivity contribution in [3.63, 3.8) is 0 Å². The van der Waals surface area contributed by atoms with E-state index in [4.69, 9.17) is 4.98 Å². The van der Waals surface area contributed by atoms with Gasteiger partial charge in [0.1, 0.15) is 5.82 Å². The summed E-state index contributed by atoms with van der Waals surface area (Å²) in [5.41, 5.74) is 2.86. The SMILES string of the molecule is CCc1nc2c(n1C1CCN3CCCC3C1)CCNC2. The maximum absolute atomic E-state index is 4.92. The van der Waals surface area contributed by atoms with Gasteiger partial charge in [0.2, 0.25) is 0 Å². The number of hydrogen-bond donors (Lipinski definition) is 1. The Morgan fingerprint density at radius 1 is 1.25 bits per heavy atom. The van der Waals surface area contributed by atoms with Gasteiger partial charge in [-0.25, -0.2) is 4.98 Å². The molecule has 4 nitrogen and oxygen atoms in total. The Morgan fingerprint density at radius 2 is 2.20 bits per heavy atom. The van der Waals surface area contributed by atoms with Crippen molar-refractivity contribution in [2.75, 3.05) is 19.6 Å². The average Bonchev–Trinajstić information content (AvgIpc) is 3.09. The van der Waals surface area contributed by atoms with Gasteiger partial charge in [-0.15, -0.1) is 0 Å². The molecule has 0 aliphatic carbocycles. The normalized spacial score (nSPS) is 30.2. The Kier molecular flexibility index (Phi) is 3.31. The van der Waals surface area contributed by atoms with E-state index in [1.165, 1.54) is 56.0 Å². The number of aromatic nitrogens is 2. The smallest absolute Gasteiger partial charge is 0.109 e. The molecule has 4 rings (SSSR count). The highest BCUT2D eigenvalue weighted by Gasteiger charge is 2.34. The van der Waals surface area contributed by atoms with Crippen LogP contribution in [0.2, 0.25) is 0 Å². The largest absolute Gasteiger partial charge is 0.329 e. The van der Waals surface area contributed by atoms with Crippen molar-refractivity contribution in [1.29, 1.82) is 0 Å². The lowest BCUT2D eigenvalue weighted by Crippen LogP contribution is -2.39. The first-order valence-electron chi connectivity index (χ1n) is 8.40. The molecule has 4 heterocycles. The van der Waals surface area contributed by atoms with Gasteiger partial charge in [0.15, 0.2) is 0 Å². The van der Waals surface area contributed by atoms with E-state index < -0.39 is 0 Å². The molecule has 20 heavy (non-hydrogen) atoms. The zero-order valence-corrected chi connectivity index (χ0v) is 12.6. The highest BCUT2D eigenvalue weighted by Crippen LogP contribution is 2.35. The fraction of sp³-hybridized carbons (Fsp3) is 0.812. The standard InChI is InChI=1S/C16H26N4/c1-2-16-18-14-11-17-7-5-15(14)20(16)13-6-9-19-8-3-4-12(19)10-13/h12-13,17H,2-11H2,1H3. The van der Waals surface area contributed by atoms with Crippen molar-refractivity contribution in [2.24, 2.45) is 0 Å². The lowest BCUT2D eigenvalue weighted by molar-refractivity contribution is 0.152. The molecule has 1 aromatic rings. The predicted octanol–water partition coefficient (Wildman–Crippen LogP) is 1.89. The second-order valence-electron chi connectivity index (χ2n) is 6.58. The van der Waals surface area contributed by atoms with Crippen molar-refractivity contribution in [3.8, 4) is 0 Å². The molecule has 0 radical (unpaired) electrons. The first-order valence-corrected chi connectivity index (χ1v) is 8.40. The van der Waals surface area contributed by atoms with Gasteiger partial charge in [-0.1, -0.05) is 6.92 Å². The van der Waals surface area contributed by atoms with Crippen LogP contribution in [0.15, 0.2) is 0 Å². The molecule has 2 unspecified atom stereocenters. The van der Waals surface area contributed by atoms with Crippen LogP contribution < -0.4 is 5.32 Å². The molecule has 2 saturated heterocycles. The van der Waals surface area contributed by atoms with E-state index in [1.807, 2.05) is 0 Å². The quantitative estimate of drug-likeness (QED) is 0.894.